The van der Waals surface area contributed by atoms with E-state index in [1.165, 1.54) is 6.26 Å². The molecule has 6 heteroatoms. The van der Waals surface area contributed by atoms with E-state index in [1.807, 2.05) is 20.8 Å². The summed E-state index contributed by atoms with van der Waals surface area (Å²) < 4.78 is 27.6. The third-order valence-electron chi connectivity index (χ3n) is 2.48. The molecule has 0 aliphatic carbocycles. The van der Waals surface area contributed by atoms with Gasteiger partial charge in [-0.15, -0.1) is 0 Å². The topological polar surface area (TPSA) is 63.7 Å². The zero-order valence-electron chi connectivity index (χ0n) is 10.9. The van der Waals surface area contributed by atoms with Crippen molar-refractivity contribution in [3.8, 4) is 0 Å². The summed E-state index contributed by atoms with van der Waals surface area (Å²) in [6.07, 6.45) is 1.60. The van der Waals surface area contributed by atoms with Crippen LogP contribution in [-0.4, -0.2) is 50.1 Å². The Hall–Kier alpha value is -0.780. The minimum Gasteiger partial charge on any atom is -0.444 e. The van der Waals surface area contributed by atoms with Gasteiger partial charge in [0, 0.05) is 19.3 Å². The molecule has 0 radical (unpaired) electrons. The molecular formula is C11H21NO4S. The van der Waals surface area contributed by atoms with E-state index < -0.39 is 15.4 Å². The van der Waals surface area contributed by atoms with E-state index in [4.69, 9.17) is 4.74 Å². The highest BCUT2D eigenvalue weighted by molar-refractivity contribution is 7.90. The second kappa shape index (κ2) is 4.84. The number of hydrogen-bond donors (Lipinski definition) is 0. The van der Waals surface area contributed by atoms with Crippen LogP contribution in [0.25, 0.3) is 0 Å². The first-order valence-corrected chi connectivity index (χ1v) is 7.78. The number of nitrogens with zero attached hydrogens (tertiary/aromatic N) is 1. The first-order chi connectivity index (χ1) is 7.57. The maximum absolute atomic E-state index is 11.7. The highest BCUT2D eigenvalue weighted by Crippen LogP contribution is 2.20. The zero-order chi connectivity index (χ0) is 13.3. The lowest BCUT2D eigenvalue weighted by Gasteiger charge is -2.24. The molecule has 1 unspecified atom stereocenters. The lowest BCUT2D eigenvalue weighted by molar-refractivity contribution is 0.0289. The van der Waals surface area contributed by atoms with Crippen molar-refractivity contribution < 1.29 is 17.9 Å². The van der Waals surface area contributed by atoms with Crippen LogP contribution in [0.3, 0.4) is 0 Å². The van der Waals surface area contributed by atoms with Crippen LogP contribution in [-0.2, 0) is 14.6 Å². The van der Waals surface area contributed by atoms with Gasteiger partial charge in [-0.25, -0.2) is 13.2 Å². The van der Waals surface area contributed by atoms with Crippen LogP contribution in [0.15, 0.2) is 0 Å². The molecule has 1 atom stereocenters. The predicted octanol–water partition coefficient (Wildman–Crippen LogP) is 1.29. The van der Waals surface area contributed by atoms with Crippen molar-refractivity contribution in [1.29, 1.82) is 0 Å². The number of rotatable bonds is 2. The van der Waals surface area contributed by atoms with E-state index in [0.717, 1.165) is 6.42 Å². The van der Waals surface area contributed by atoms with Crippen molar-refractivity contribution >= 4 is 15.9 Å². The molecule has 5 nitrogen and oxygen atoms in total. The number of carbonyl (C=O) groups excluding carboxylic acids is 1. The van der Waals surface area contributed by atoms with Crippen molar-refractivity contribution in [2.45, 2.75) is 32.8 Å². The van der Waals surface area contributed by atoms with E-state index in [2.05, 4.69) is 0 Å². The zero-order valence-corrected chi connectivity index (χ0v) is 11.7. The van der Waals surface area contributed by atoms with Crippen LogP contribution < -0.4 is 0 Å². The highest BCUT2D eigenvalue weighted by atomic mass is 32.2. The van der Waals surface area contributed by atoms with Crippen LogP contribution in [0.4, 0.5) is 4.79 Å². The molecule has 1 amide bonds. The fourth-order valence-corrected chi connectivity index (χ4v) is 3.02. The predicted molar refractivity (Wildman–Crippen MR) is 65.6 cm³/mol. The van der Waals surface area contributed by atoms with Gasteiger partial charge in [0.2, 0.25) is 0 Å². The van der Waals surface area contributed by atoms with Gasteiger partial charge in [-0.2, -0.15) is 0 Å². The Morgan fingerprint density at radius 1 is 1.41 bits per heavy atom. The van der Waals surface area contributed by atoms with Crippen molar-refractivity contribution in [3.63, 3.8) is 0 Å². The van der Waals surface area contributed by atoms with Crippen molar-refractivity contribution in [1.82, 2.24) is 4.90 Å². The number of hydrogen-bond acceptors (Lipinski definition) is 4. The summed E-state index contributed by atoms with van der Waals surface area (Å²) in [5.74, 6) is 0.185. The summed E-state index contributed by atoms with van der Waals surface area (Å²) in [5.41, 5.74) is -0.508. The van der Waals surface area contributed by atoms with Gasteiger partial charge in [-0.3, -0.25) is 0 Å². The average Bonchev–Trinajstić information content (AvgIpc) is 2.45. The minimum atomic E-state index is -2.97. The molecule has 0 saturated carbocycles. The van der Waals surface area contributed by atoms with Crippen LogP contribution in [0.1, 0.15) is 27.2 Å². The van der Waals surface area contributed by atoms with E-state index in [0.29, 0.717) is 13.1 Å². The molecule has 1 fully saturated rings. The Kier molecular flexibility index (Phi) is 4.06. The molecule has 0 spiro atoms. The smallest absolute Gasteiger partial charge is 0.410 e. The summed E-state index contributed by atoms with van der Waals surface area (Å²) in [7, 11) is -2.97. The second-order valence-corrected chi connectivity index (χ2v) is 7.86. The normalized spacial score (nSPS) is 21.6. The average molecular weight is 263 g/mol. The molecule has 1 rings (SSSR count). The number of likely N-dealkylation sites (tertiary alicyclic amines) is 1. The molecule has 1 saturated heterocycles. The van der Waals surface area contributed by atoms with Gasteiger partial charge >= 0.3 is 6.09 Å². The molecule has 1 aliphatic heterocycles. The van der Waals surface area contributed by atoms with Gasteiger partial charge in [0.05, 0.1) is 5.75 Å². The van der Waals surface area contributed by atoms with Crippen LogP contribution in [0.5, 0.6) is 0 Å². The largest absolute Gasteiger partial charge is 0.444 e. The number of amides is 1. The van der Waals surface area contributed by atoms with Gasteiger partial charge < -0.3 is 9.64 Å². The Bertz CT molecular complexity index is 383. The quantitative estimate of drug-likeness (QED) is 0.753. The summed E-state index contributed by atoms with van der Waals surface area (Å²) in [4.78, 5) is 13.3. The van der Waals surface area contributed by atoms with Crippen LogP contribution in [0, 0.1) is 5.92 Å². The lowest BCUT2D eigenvalue weighted by Crippen LogP contribution is -2.35. The molecule has 17 heavy (non-hydrogen) atoms. The number of carbonyl (C=O) groups is 1. The van der Waals surface area contributed by atoms with Crippen molar-refractivity contribution in [3.05, 3.63) is 0 Å². The third kappa shape index (κ3) is 5.39. The summed E-state index contributed by atoms with van der Waals surface area (Å²) >= 11 is 0. The fraction of sp³-hybridized carbons (Fsp3) is 0.909. The first-order valence-electron chi connectivity index (χ1n) is 5.72. The molecule has 0 aromatic carbocycles. The standard InChI is InChI=1S/C11H21NO4S/c1-11(2,3)16-10(13)12-6-5-9(7-12)8-17(4,14)15/h9H,5-8H2,1-4H3. The van der Waals surface area contributed by atoms with Gasteiger partial charge in [0.15, 0.2) is 0 Å². The molecule has 0 bridgehead atoms. The lowest BCUT2D eigenvalue weighted by atomic mass is 10.2. The second-order valence-electron chi connectivity index (χ2n) is 5.67. The Balaban J connectivity index is 2.48. The van der Waals surface area contributed by atoms with Gasteiger partial charge in [-0.1, -0.05) is 0 Å². The van der Waals surface area contributed by atoms with Gasteiger partial charge in [-0.05, 0) is 33.1 Å². The molecule has 100 valence electrons. The fourth-order valence-electron chi connectivity index (χ4n) is 1.89. The maximum atomic E-state index is 11.7. The van der Waals surface area contributed by atoms with E-state index >= 15 is 0 Å². The Morgan fingerprint density at radius 3 is 2.47 bits per heavy atom. The first kappa shape index (κ1) is 14.3. The van der Waals surface area contributed by atoms with Gasteiger partial charge in [0.1, 0.15) is 15.4 Å². The third-order valence-corrected chi connectivity index (χ3v) is 3.55. The molecule has 0 aromatic rings. The summed E-state index contributed by atoms with van der Waals surface area (Å²) in [6.45, 7) is 6.50. The van der Waals surface area contributed by atoms with Crippen LogP contribution >= 0.6 is 0 Å². The van der Waals surface area contributed by atoms with E-state index in [9.17, 15) is 13.2 Å². The molecule has 1 aliphatic rings. The van der Waals surface area contributed by atoms with Crippen LogP contribution in [0.2, 0.25) is 0 Å². The minimum absolute atomic E-state index is 0.0394. The SMILES string of the molecule is CC(C)(C)OC(=O)N1CCC(CS(C)(=O)=O)C1. The monoisotopic (exact) mass is 263 g/mol. The maximum Gasteiger partial charge on any atom is 0.410 e. The Labute approximate surface area is 103 Å². The van der Waals surface area contributed by atoms with Crippen molar-refractivity contribution in [2.75, 3.05) is 25.1 Å². The van der Waals surface area contributed by atoms with E-state index in [-0.39, 0.29) is 17.8 Å². The Morgan fingerprint density at radius 2 is 2.00 bits per heavy atom. The van der Waals surface area contributed by atoms with Gasteiger partial charge in [0.25, 0.3) is 0 Å². The number of sulfone groups is 1. The summed E-state index contributed by atoms with van der Waals surface area (Å²) in [5, 5.41) is 0. The molecule has 0 aromatic heterocycles. The highest BCUT2D eigenvalue weighted by Gasteiger charge is 2.31. The molecular weight excluding hydrogens is 242 g/mol. The summed E-state index contributed by atoms with van der Waals surface area (Å²) in [6, 6.07) is 0. The molecule has 0 N–H and O–H groups in total. The van der Waals surface area contributed by atoms with E-state index in [1.54, 1.807) is 4.90 Å². The van der Waals surface area contributed by atoms with Crippen molar-refractivity contribution in [2.24, 2.45) is 5.92 Å². The molecule has 1 heterocycles. The number of ether oxygens (including phenoxy) is 1.